The van der Waals surface area contributed by atoms with Crippen LogP contribution in [0.3, 0.4) is 0 Å². The SMILES string of the molecule is Cc1nc(C)c(CN2CCO[C@]3(CO[C@H](C(=O)NC4CS(=O)(=O)C4)C3)C2)s1. The number of hydrogen-bond acceptors (Lipinski definition) is 8. The van der Waals surface area contributed by atoms with Crippen LogP contribution in [0.15, 0.2) is 0 Å². The third-order valence-electron chi connectivity index (χ3n) is 5.35. The molecular formula is C17H25N3O5S2. The lowest BCUT2D eigenvalue weighted by Gasteiger charge is -2.39. The van der Waals surface area contributed by atoms with E-state index in [9.17, 15) is 13.2 Å². The molecule has 1 aromatic heterocycles. The number of nitrogens with zero attached hydrogens (tertiary/aromatic N) is 2. The van der Waals surface area contributed by atoms with Gasteiger partial charge in [0, 0.05) is 30.9 Å². The molecule has 1 N–H and O–H groups in total. The average molecular weight is 416 g/mol. The molecule has 0 radical (unpaired) electrons. The van der Waals surface area contributed by atoms with E-state index >= 15 is 0 Å². The van der Waals surface area contributed by atoms with E-state index < -0.39 is 21.5 Å². The van der Waals surface area contributed by atoms with Gasteiger partial charge in [-0.05, 0) is 13.8 Å². The van der Waals surface area contributed by atoms with Crippen molar-refractivity contribution in [2.45, 2.75) is 44.6 Å². The molecule has 8 nitrogen and oxygen atoms in total. The van der Waals surface area contributed by atoms with Gasteiger partial charge in [-0.2, -0.15) is 0 Å². The number of thiazole rings is 1. The van der Waals surface area contributed by atoms with Crippen LogP contribution in [0.5, 0.6) is 0 Å². The molecule has 27 heavy (non-hydrogen) atoms. The number of carbonyl (C=O) groups excluding carboxylic acids is 1. The second-order valence-electron chi connectivity index (χ2n) is 7.77. The minimum absolute atomic E-state index is 0.0223. The predicted molar refractivity (Wildman–Crippen MR) is 100 cm³/mol. The zero-order chi connectivity index (χ0) is 19.2. The van der Waals surface area contributed by atoms with Crippen LogP contribution in [0.1, 0.15) is 22.0 Å². The summed E-state index contributed by atoms with van der Waals surface area (Å²) in [6, 6.07) is -0.288. The molecule has 1 aromatic rings. The Hall–Kier alpha value is -1.07. The second-order valence-corrected chi connectivity index (χ2v) is 11.2. The first-order chi connectivity index (χ1) is 12.7. The van der Waals surface area contributed by atoms with Crippen LogP contribution >= 0.6 is 11.3 Å². The van der Waals surface area contributed by atoms with Gasteiger partial charge in [-0.1, -0.05) is 0 Å². The van der Waals surface area contributed by atoms with Crippen molar-refractivity contribution in [3.05, 3.63) is 15.6 Å². The largest absolute Gasteiger partial charge is 0.370 e. The summed E-state index contributed by atoms with van der Waals surface area (Å²) in [5, 5.41) is 3.85. The summed E-state index contributed by atoms with van der Waals surface area (Å²) in [6.45, 7) is 7.43. The minimum atomic E-state index is -2.96. The van der Waals surface area contributed by atoms with E-state index in [0.717, 1.165) is 23.8 Å². The topological polar surface area (TPSA) is 97.8 Å². The molecule has 150 valence electrons. The van der Waals surface area contributed by atoms with Gasteiger partial charge in [0.05, 0.1) is 41.5 Å². The Morgan fingerprint density at radius 1 is 1.41 bits per heavy atom. The fourth-order valence-corrected chi connectivity index (χ4v) is 6.29. The summed E-state index contributed by atoms with van der Waals surface area (Å²) in [5.74, 6) is -0.190. The number of morpholine rings is 1. The molecule has 0 aliphatic carbocycles. The molecule has 3 fully saturated rings. The first kappa shape index (κ1) is 19.3. The number of nitrogens with one attached hydrogen (secondary N) is 1. The van der Waals surface area contributed by atoms with Gasteiger partial charge in [-0.3, -0.25) is 9.69 Å². The second kappa shape index (κ2) is 7.07. The number of aromatic nitrogens is 1. The maximum absolute atomic E-state index is 12.4. The van der Waals surface area contributed by atoms with Gasteiger partial charge < -0.3 is 14.8 Å². The maximum Gasteiger partial charge on any atom is 0.249 e. The zero-order valence-corrected chi connectivity index (χ0v) is 17.2. The van der Waals surface area contributed by atoms with Crippen LogP contribution in [0.4, 0.5) is 0 Å². The van der Waals surface area contributed by atoms with Crippen molar-refractivity contribution in [3.63, 3.8) is 0 Å². The highest BCUT2D eigenvalue weighted by Crippen LogP contribution is 2.33. The Balaban J connectivity index is 1.33. The van der Waals surface area contributed by atoms with Crippen LogP contribution in [0.2, 0.25) is 0 Å². The molecule has 3 aliphatic rings. The Labute approximate surface area is 163 Å². The number of ether oxygens (including phenoxy) is 2. The van der Waals surface area contributed by atoms with E-state index in [2.05, 4.69) is 15.2 Å². The van der Waals surface area contributed by atoms with E-state index in [1.54, 1.807) is 11.3 Å². The van der Waals surface area contributed by atoms with Crippen LogP contribution in [0, 0.1) is 13.8 Å². The van der Waals surface area contributed by atoms with E-state index in [4.69, 9.17) is 9.47 Å². The Morgan fingerprint density at radius 2 is 2.19 bits per heavy atom. The third-order valence-corrected chi connectivity index (χ3v) is 8.23. The standard InChI is InChI=1S/C17H25N3O5S2/c1-11-15(26-12(2)18-11)6-20-3-4-25-17(9-20)5-14(24-10-17)16(21)19-13-7-27(22,23)8-13/h13-14H,3-10H2,1-2H3,(H,19,21)/t14-,17-/m0/s1. The first-order valence-corrected chi connectivity index (χ1v) is 11.8. The zero-order valence-electron chi connectivity index (χ0n) is 15.6. The summed E-state index contributed by atoms with van der Waals surface area (Å²) in [6.07, 6.45) is -0.0872. The molecule has 0 saturated carbocycles. The van der Waals surface area contributed by atoms with E-state index in [1.165, 1.54) is 4.88 Å². The van der Waals surface area contributed by atoms with Crippen molar-refractivity contribution >= 4 is 27.1 Å². The molecule has 4 rings (SSSR count). The van der Waals surface area contributed by atoms with Gasteiger partial charge in [0.25, 0.3) is 0 Å². The Bertz CT molecular complexity index is 828. The monoisotopic (exact) mass is 415 g/mol. The maximum atomic E-state index is 12.4. The number of hydrogen-bond donors (Lipinski definition) is 1. The molecule has 0 unspecified atom stereocenters. The predicted octanol–water partition coefficient (Wildman–Crippen LogP) is 0.0330. The third kappa shape index (κ3) is 4.19. The summed E-state index contributed by atoms with van der Waals surface area (Å²) in [5.41, 5.74) is 0.605. The number of aryl methyl sites for hydroxylation is 2. The smallest absolute Gasteiger partial charge is 0.249 e. The minimum Gasteiger partial charge on any atom is -0.370 e. The van der Waals surface area contributed by atoms with Gasteiger partial charge in [0.15, 0.2) is 9.84 Å². The molecule has 1 amide bonds. The lowest BCUT2D eigenvalue weighted by Crippen LogP contribution is -2.55. The molecule has 4 heterocycles. The quantitative estimate of drug-likeness (QED) is 0.741. The van der Waals surface area contributed by atoms with Crippen molar-refractivity contribution in [2.75, 3.05) is 37.8 Å². The van der Waals surface area contributed by atoms with Crippen LogP contribution < -0.4 is 5.32 Å². The normalized spacial score (nSPS) is 31.1. The Kier molecular flexibility index (Phi) is 5.04. The van der Waals surface area contributed by atoms with Crippen LogP contribution in [-0.4, -0.2) is 79.8 Å². The van der Waals surface area contributed by atoms with Gasteiger partial charge in [-0.15, -0.1) is 11.3 Å². The lowest BCUT2D eigenvalue weighted by atomic mass is 9.97. The number of carbonyl (C=O) groups is 1. The lowest BCUT2D eigenvalue weighted by molar-refractivity contribution is -0.130. The van der Waals surface area contributed by atoms with E-state index in [1.807, 2.05) is 13.8 Å². The molecule has 3 aliphatic heterocycles. The van der Waals surface area contributed by atoms with Crippen LogP contribution in [-0.2, 0) is 30.7 Å². The summed E-state index contributed by atoms with van der Waals surface area (Å²) in [7, 11) is -2.96. The molecular weight excluding hydrogens is 390 g/mol. The molecule has 0 bridgehead atoms. The summed E-state index contributed by atoms with van der Waals surface area (Å²) in [4.78, 5) is 20.5. The van der Waals surface area contributed by atoms with Crippen molar-refractivity contribution in [1.82, 2.24) is 15.2 Å². The molecule has 1 spiro atoms. The molecule has 10 heteroatoms. The summed E-state index contributed by atoms with van der Waals surface area (Å²) >= 11 is 1.72. The highest BCUT2D eigenvalue weighted by molar-refractivity contribution is 7.92. The highest BCUT2D eigenvalue weighted by atomic mass is 32.2. The van der Waals surface area contributed by atoms with Crippen molar-refractivity contribution < 1.29 is 22.7 Å². The van der Waals surface area contributed by atoms with Crippen molar-refractivity contribution in [1.29, 1.82) is 0 Å². The fourth-order valence-electron chi connectivity index (χ4n) is 4.01. The van der Waals surface area contributed by atoms with Crippen LogP contribution in [0.25, 0.3) is 0 Å². The first-order valence-electron chi connectivity index (χ1n) is 9.15. The number of sulfone groups is 1. The van der Waals surface area contributed by atoms with Crippen molar-refractivity contribution in [3.8, 4) is 0 Å². The molecule has 3 saturated heterocycles. The van der Waals surface area contributed by atoms with Gasteiger partial charge in [0.1, 0.15) is 11.7 Å². The Morgan fingerprint density at radius 3 is 2.85 bits per heavy atom. The molecule has 2 atom stereocenters. The number of amides is 1. The number of rotatable bonds is 4. The van der Waals surface area contributed by atoms with Gasteiger partial charge >= 0.3 is 0 Å². The van der Waals surface area contributed by atoms with E-state index in [-0.39, 0.29) is 23.5 Å². The fraction of sp³-hybridized carbons (Fsp3) is 0.765. The molecule has 0 aromatic carbocycles. The van der Waals surface area contributed by atoms with Gasteiger partial charge in [-0.25, -0.2) is 13.4 Å². The van der Waals surface area contributed by atoms with Gasteiger partial charge in [0.2, 0.25) is 5.91 Å². The highest BCUT2D eigenvalue weighted by Gasteiger charge is 2.47. The van der Waals surface area contributed by atoms with E-state index in [0.29, 0.717) is 26.2 Å². The van der Waals surface area contributed by atoms with Crippen molar-refractivity contribution in [2.24, 2.45) is 0 Å². The average Bonchev–Trinajstić information content (AvgIpc) is 3.09. The summed E-state index contributed by atoms with van der Waals surface area (Å²) < 4.78 is 34.3.